The number of carbonyl (C=O) groups is 1. The number of Topliss-reactive ketones (excluding diaryl/α,β-unsaturated/α-hetero) is 1. The quantitative estimate of drug-likeness (QED) is 0.0576. The maximum atomic E-state index is 12.5. The molecule has 0 rings (SSSR count). The molecule has 0 saturated carbocycles. The normalized spacial score (nSPS) is 14.7. The summed E-state index contributed by atoms with van der Waals surface area (Å²) in [4.78, 5) is 12.5. The number of nitrogens with two attached hydrogens (primary N) is 1. The fraction of sp³-hybridized carbons (Fsp3) is 0.972. The van der Waals surface area contributed by atoms with Crippen LogP contribution in [0.15, 0.2) is 0 Å². The van der Waals surface area contributed by atoms with Crippen molar-refractivity contribution in [1.82, 2.24) is 0 Å². The lowest BCUT2D eigenvalue weighted by atomic mass is 9.93. The standard InChI is InChI=1S/C36H73NO4/c1-3-5-7-9-11-13-15-17-19-21-23-25-27-29-31-33(39)35(40)36(41)34(37)32(38)30-28-26-24-22-20-18-16-14-12-10-8-6-4-2/h32-34,36,38-39,41H,3-31,37H2,1-2H3/t32-,33?,34+,36?/m1/s1. The lowest BCUT2D eigenvalue weighted by molar-refractivity contribution is -0.138. The van der Waals surface area contributed by atoms with Crippen LogP contribution in [0.3, 0.4) is 0 Å². The summed E-state index contributed by atoms with van der Waals surface area (Å²) in [5.74, 6) is -0.642. The van der Waals surface area contributed by atoms with Gasteiger partial charge in [-0.15, -0.1) is 0 Å². The molecule has 2 unspecified atom stereocenters. The first-order valence-corrected chi connectivity index (χ1v) is 18.3. The number of rotatable bonds is 33. The van der Waals surface area contributed by atoms with Crippen LogP contribution in [0.5, 0.6) is 0 Å². The van der Waals surface area contributed by atoms with Crippen molar-refractivity contribution in [2.75, 3.05) is 0 Å². The fourth-order valence-corrected chi connectivity index (χ4v) is 5.84. The van der Waals surface area contributed by atoms with Gasteiger partial charge < -0.3 is 21.1 Å². The maximum absolute atomic E-state index is 12.5. The van der Waals surface area contributed by atoms with Gasteiger partial charge in [0.25, 0.3) is 0 Å². The molecule has 5 heteroatoms. The van der Waals surface area contributed by atoms with Gasteiger partial charge in [0, 0.05) is 0 Å². The number of hydrogen-bond acceptors (Lipinski definition) is 5. The van der Waals surface area contributed by atoms with Crippen molar-refractivity contribution >= 4 is 5.78 Å². The molecule has 0 aromatic heterocycles. The minimum atomic E-state index is -1.51. The summed E-state index contributed by atoms with van der Waals surface area (Å²) in [5.41, 5.74) is 6.00. The van der Waals surface area contributed by atoms with Crippen LogP contribution in [0.2, 0.25) is 0 Å². The van der Waals surface area contributed by atoms with Crippen LogP contribution in [0, 0.1) is 0 Å². The number of aliphatic hydroxyl groups excluding tert-OH is 3. The largest absolute Gasteiger partial charge is 0.391 e. The molecule has 0 spiro atoms. The van der Waals surface area contributed by atoms with Crippen molar-refractivity contribution in [2.45, 2.75) is 224 Å². The van der Waals surface area contributed by atoms with Crippen molar-refractivity contribution in [2.24, 2.45) is 5.73 Å². The summed E-state index contributed by atoms with van der Waals surface area (Å²) >= 11 is 0. The summed E-state index contributed by atoms with van der Waals surface area (Å²) in [6.07, 6.45) is 31.2. The van der Waals surface area contributed by atoms with E-state index in [1.807, 2.05) is 0 Å². The number of ketones is 1. The van der Waals surface area contributed by atoms with Gasteiger partial charge in [-0.1, -0.05) is 187 Å². The number of aliphatic hydroxyl groups is 3. The molecule has 0 amide bonds. The fourth-order valence-electron chi connectivity index (χ4n) is 5.84. The van der Waals surface area contributed by atoms with E-state index in [1.54, 1.807) is 0 Å². The summed E-state index contributed by atoms with van der Waals surface area (Å²) in [6.45, 7) is 4.52. The SMILES string of the molecule is CCCCCCCCCCCCCCCCC(O)C(=O)C(O)[C@@H](N)[C@H](O)CCCCCCCCCCCCCCC. The van der Waals surface area contributed by atoms with Crippen LogP contribution in [0.25, 0.3) is 0 Å². The van der Waals surface area contributed by atoms with Crippen molar-refractivity contribution < 1.29 is 20.1 Å². The van der Waals surface area contributed by atoms with E-state index < -0.39 is 30.1 Å². The molecule has 41 heavy (non-hydrogen) atoms. The molecular formula is C36H73NO4. The molecule has 5 nitrogen and oxygen atoms in total. The van der Waals surface area contributed by atoms with Gasteiger partial charge in [-0.2, -0.15) is 0 Å². The zero-order chi connectivity index (χ0) is 30.4. The number of hydrogen-bond donors (Lipinski definition) is 4. The molecule has 0 fully saturated rings. The summed E-state index contributed by atoms with van der Waals surface area (Å²) in [7, 11) is 0. The Morgan fingerprint density at radius 2 is 0.732 bits per heavy atom. The summed E-state index contributed by atoms with van der Waals surface area (Å²) in [6, 6.07) is -1.04. The Bertz CT molecular complexity index is 544. The molecule has 246 valence electrons. The van der Waals surface area contributed by atoms with Crippen LogP contribution < -0.4 is 5.73 Å². The first kappa shape index (κ1) is 40.5. The van der Waals surface area contributed by atoms with Gasteiger partial charge in [0.2, 0.25) is 0 Å². The molecule has 0 saturated heterocycles. The van der Waals surface area contributed by atoms with Crippen molar-refractivity contribution in [3.63, 3.8) is 0 Å². The first-order chi connectivity index (χ1) is 20.0. The van der Waals surface area contributed by atoms with Crippen molar-refractivity contribution in [1.29, 1.82) is 0 Å². The van der Waals surface area contributed by atoms with Crippen LogP contribution in [-0.4, -0.2) is 45.5 Å². The molecule has 0 aliphatic heterocycles. The molecular weight excluding hydrogens is 510 g/mol. The second-order valence-electron chi connectivity index (χ2n) is 12.9. The van der Waals surface area contributed by atoms with Gasteiger partial charge in [-0.05, 0) is 12.8 Å². The van der Waals surface area contributed by atoms with Crippen molar-refractivity contribution in [3.05, 3.63) is 0 Å². The van der Waals surface area contributed by atoms with Gasteiger partial charge in [0.15, 0.2) is 5.78 Å². The van der Waals surface area contributed by atoms with Crippen LogP contribution >= 0.6 is 0 Å². The smallest absolute Gasteiger partial charge is 0.191 e. The predicted octanol–water partition coefficient (Wildman–Crippen LogP) is 9.32. The minimum Gasteiger partial charge on any atom is -0.391 e. The number of unbranched alkanes of at least 4 members (excludes halogenated alkanes) is 25. The Labute approximate surface area is 255 Å². The zero-order valence-electron chi connectivity index (χ0n) is 27.6. The zero-order valence-corrected chi connectivity index (χ0v) is 27.6. The topological polar surface area (TPSA) is 104 Å². The highest BCUT2D eigenvalue weighted by atomic mass is 16.3. The van der Waals surface area contributed by atoms with E-state index in [9.17, 15) is 20.1 Å². The average Bonchev–Trinajstić information content (AvgIpc) is 2.98. The van der Waals surface area contributed by atoms with Gasteiger partial charge in [-0.25, -0.2) is 0 Å². The Morgan fingerprint density at radius 3 is 1.05 bits per heavy atom. The highest BCUT2D eigenvalue weighted by Crippen LogP contribution is 2.17. The van der Waals surface area contributed by atoms with Gasteiger partial charge in [-0.3, -0.25) is 4.79 Å². The van der Waals surface area contributed by atoms with E-state index in [4.69, 9.17) is 5.73 Å². The van der Waals surface area contributed by atoms with E-state index in [0.717, 1.165) is 38.5 Å². The number of carbonyl (C=O) groups excluding carboxylic acids is 1. The Kier molecular flexibility index (Phi) is 30.6. The van der Waals surface area contributed by atoms with Gasteiger partial charge in [0.05, 0.1) is 12.1 Å². The van der Waals surface area contributed by atoms with E-state index in [-0.39, 0.29) is 0 Å². The first-order valence-electron chi connectivity index (χ1n) is 18.3. The molecule has 0 bridgehead atoms. The lowest BCUT2D eigenvalue weighted by Crippen LogP contribution is -2.51. The second kappa shape index (κ2) is 31.0. The van der Waals surface area contributed by atoms with Gasteiger partial charge in [0.1, 0.15) is 12.2 Å². The highest BCUT2D eigenvalue weighted by Gasteiger charge is 2.32. The molecule has 0 aromatic carbocycles. The molecule has 0 aromatic rings. The molecule has 0 radical (unpaired) electrons. The molecule has 0 aliphatic rings. The summed E-state index contributed by atoms with van der Waals surface area (Å²) < 4.78 is 0. The van der Waals surface area contributed by atoms with E-state index in [2.05, 4.69) is 13.8 Å². The molecule has 4 atom stereocenters. The molecule has 5 N–H and O–H groups in total. The monoisotopic (exact) mass is 584 g/mol. The van der Waals surface area contributed by atoms with E-state index in [1.165, 1.54) is 135 Å². The summed E-state index contributed by atoms with van der Waals surface area (Å²) in [5, 5.41) is 31.0. The van der Waals surface area contributed by atoms with E-state index >= 15 is 0 Å². The lowest BCUT2D eigenvalue weighted by Gasteiger charge is -2.24. The van der Waals surface area contributed by atoms with Gasteiger partial charge >= 0.3 is 0 Å². The Balaban J connectivity index is 3.68. The predicted molar refractivity (Wildman–Crippen MR) is 176 cm³/mol. The van der Waals surface area contributed by atoms with Crippen molar-refractivity contribution in [3.8, 4) is 0 Å². The average molecular weight is 584 g/mol. The second-order valence-corrected chi connectivity index (χ2v) is 12.9. The Hall–Kier alpha value is -0.490. The highest BCUT2D eigenvalue weighted by molar-refractivity contribution is 5.87. The third-order valence-electron chi connectivity index (χ3n) is 8.86. The minimum absolute atomic E-state index is 0.357. The van der Waals surface area contributed by atoms with E-state index in [0.29, 0.717) is 12.8 Å². The Morgan fingerprint density at radius 1 is 0.463 bits per heavy atom. The maximum Gasteiger partial charge on any atom is 0.191 e. The van der Waals surface area contributed by atoms with Crippen LogP contribution in [-0.2, 0) is 4.79 Å². The third kappa shape index (κ3) is 25.7. The molecule has 0 heterocycles. The third-order valence-corrected chi connectivity index (χ3v) is 8.86. The van der Waals surface area contributed by atoms with Crippen LogP contribution in [0.4, 0.5) is 0 Å². The van der Waals surface area contributed by atoms with Crippen LogP contribution in [0.1, 0.15) is 200 Å². The molecule has 0 aliphatic carbocycles.